The largest absolute Gasteiger partial charge is 0.457 e. The molecule has 0 N–H and O–H groups in total. The van der Waals surface area contributed by atoms with Crippen LogP contribution in [0.4, 0.5) is 4.39 Å². The number of halogens is 1. The highest BCUT2D eigenvalue weighted by Crippen LogP contribution is 2.20. The van der Waals surface area contributed by atoms with Gasteiger partial charge in [0.2, 0.25) is 5.83 Å². The summed E-state index contributed by atoms with van der Waals surface area (Å²) in [6, 6.07) is 0. The van der Waals surface area contributed by atoms with Crippen molar-refractivity contribution in [1.82, 2.24) is 0 Å². The molecule has 12 heavy (non-hydrogen) atoms. The smallest absolute Gasteiger partial charge is 0.366 e. The van der Waals surface area contributed by atoms with Crippen LogP contribution in [-0.4, -0.2) is 23.6 Å². The van der Waals surface area contributed by atoms with E-state index in [1.54, 1.807) is 0 Å². The zero-order valence-electron chi connectivity index (χ0n) is 6.72. The van der Waals surface area contributed by atoms with Crippen molar-refractivity contribution in [2.75, 3.05) is 11.5 Å². The molecule has 0 radical (unpaired) electrons. The maximum Gasteiger partial charge on any atom is 0.366 e. The predicted octanol–water partition coefficient (Wildman–Crippen LogP) is 1.91. The molecule has 1 aliphatic heterocycles. The van der Waals surface area contributed by atoms with E-state index in [9.17, 15) is 9.18 Å². The van der Waals surface area contributed by atoms with Gasteiger partial charge < -0.3 is 4.74 Å². The number of carbonyl (C=O) groups excluding carboxylic acids is 1. The van der Waals surface area contributed by atoms with Crippen LogP contribution in [0.1, 0.15) is 12.8 Å². The average molecular weight is 190 g/mol. The van der Waals surface area contributed by atoms with Gasteiger partial charge in [-0.15, -0.1) is 0 Å². The standard InChI is InChI=1S/C8H11FO2S/c1-6(9)8(10)11-7-2-4-12-5-3-7/h7H,1-5H2. The first kappa shape index (κ1) is 9.58. The first-order valence-corrected chi connectivity index (χ1v) is 4.99. The minimum absolute atomic E-state index is 0.105. The third-order valence-corrected chi connectivity index (χ3v) is 2.71. The van der Waals surface area contributed by atoms with Crippen LogP contribution >= 0.6 is 11.8 Å². The summed E-state index contributed by atoms with van der Waals surface area (Å²) in [4.78, 5) is 10.7. The molecule has 0 atom stereocenters. The molecule has 0 amide bonds. The molecule has 4 heteroatoms. The van der Waals surface area contributed by atoms with Crippen LogP contribution in [0.5, 0.6) is 0 Å². The fourth-order valence-electron chi connectivity index (χ4n) is 1.01. The summed E-state index contributed by atoms with van der Waals surface area (Å²) < 4.78 is 17.0. The molecule has 0 aliphatic carbocycles. The second-order valence-electron chi connectivity index (χ2n) is 2.62. The molecule has 0 aromatic carbocycles. The van der Waals surface area contributed by atoms with Gasteiger partial charge in [0.1, 0.15) is 6.10 Å². The van der Waals surface area contributed by atoms with Gasteiger partial charge >= 0.3 is 5.97 Å². The van der Waals surface area contributed by atoms with E-state index < -0.39 is 11.8 Å². The first-order valence-electron chi connectivity index (χ1n) is 3.83. The van der Waals surface area contributed by atoms with E-state index in [0.29, 0.717) is 0 Å². The van der Waals surface area contributed by atoms with Crippen molar-refractivity contribution in [3.05, 3.63) is 12.4 Å². The average Bonchev–Trinajstić information content (AvgIpc) is 2.06. The van der Waals surface area contributed by atoms with Crippen molar-refractivity contribution in [3.63, 3.8) is 0 Å². The van der Waals surface area contributed by atoms with Crippen molar-refractivity contribution >= 4 is 17.7 Å². The quantitative estimate of drug-likeness (QED) is 0.491. The molecule has 1 fully saturated rings. The zero-order valence-corrected chi connectivity index (χ0v) is 7.53. The van der Waals surface area contributed by atoms with Crippen molar-refractivity contribution in [2.24, 2.45) is 0 Å². The van der Waals surface area contributed by atoms with Crippen molar-refractivity contribution < 1.29 is 13.9 Å². The van der Waals surface area contributed by atoms with Gasteiger partial charge in [0, 0.05) is 0 Å². The van der Waals surface area contributed by atoms with Gasteiger partial charge in [0.25, 0.3) is 0 Å². The van der Waals surface area contributed by atoms with Crippen molar-refractivity contribution in [3.8, 4) is 0 Å². The predicted molar refractivity (Wildman–Crippen MR) is 46.7 cm³/mol. The molecule has 0 saturated carbocycles. The minimum Gasteiger partial charge on any atom is -0.457 e. The Hall–Kier alpha value is -0.510. The molecule has 0 aromatic rings. The van der Waals surface area contributed by atoms with E-state index in [1.807, 2.05) is 11.8 Å². The molecule has 1 rings (SSSR count). The molecule has 1 aliphatic rings. The molecule has 0 spiro atoms. The van der Waals surface area contributed by atoms with Crippen LogP contribution in [-0.2, 0) is 9.53 Å². The van der Waals surface area contributed by atoms with Gasteiger partial charge in [-0.3, -0.25) is 0 Å². The van der Waals surface area contributed by atoms with Crippen LogP contribution < -0.4 is 0 Å². The Morgan fingerprint density at radius 2 is 2.08 bits per heavy atom. The van der Waals surface area contributed by atoms with E-state index >= 15 is 0 Å². The lowest BCUT2D eigenvalue weighted by atomic mass is 10.2. The van der Waals surface area contributed by atoms with Gasteiger partial charge in [-0.2, -0.15) is 16.2 Å². The van der Waals surface area contributed by atoms with Crippen LogP contribution in [0, 0.1) is 0 Å². The van der Waals surface area contributed by atoms with Gasteiger partial charge in [-0.05, 0) is 24.3 Å². The summed E-state index contributed by atoms with van der Waals surface area (Å²) in [5.41, 5.74) is 0. The molecule has 68 valence electrons. The second kappa shape index (κ2) is 4.50. The first-order chi connectivity index (χ1) is 5.70. The maximum atomic E-state index is 12.2. The number of thioether (sulfide) groups is 1. The van der Waals surface area contributed by atoms with Crippen LogP contribution in [0.3, 0.4) is 0 Å². The molecular weight excluding hydrogens is 179 g/mol. The molecule has 1 saturated heterocycles. The molecule has 0 bridgehead atoms. The van der Waals surface area contributed by atoms with Gasteiger partial charge in [0.15, 0.2) is 0 Å². The Morgan fingerprint density at radius 3 is 2.58 bits per heavy atom. The van der Waals surface area contributed by atoms with Crippen LogP contribution in [0.2, 0.25) is 0 Å². The van der Waals surface area contributed by atoms with E-state index in [0.717, 1.165) is 24.3 Å². The molecule has 1 heterocycles. The van der Waals surface area contributed by atoms with Crippen LogP contribution in [0.15, 0.2) is 12.4 Å². The normalized spacial score (nSPS) is 18.8. The third kappa shape index (κ3) is 2.85. The SMILES string of the molecule is C=C(F)C(=O)OC1CCSCC1. The highest BCUT2D eigenvalue weighted by molar-refractivity contribution is 7.99. The monoisotopic (exact) mass is 190 g/mol. The summed E-state index contributed by atoms with van der Waals surface area (Å²) in [6.07, 6.45) is 1.54. The van der Waals surface area contributed by atoms with Crippen molar-refractivity contribution in [2.45, 2.75) is 18.9 Å². The number of hydrogen-bond donors (Lipinski definition) is 0. The van der Waals surface area contributed by atoms with Crippen LogP contribution in [0.25, 0.3) is 0 Å². The number of carbonyl (C=O) groups is 1. The summed E-state index contributed by atoms with van der Waals surface area (Å²) in [6.45, 7) is 2.87. The van der Waals surface area contributed by atoms with Crippen molar-refractivity contribution in [1.29, 1.82) is 0 Å². The summed E-state index contributed by atoms with van der Waals surface area (Å²) >= 11 is 1.83. The Bertz CT molecular complexity index is 187. The number of ether oxygens (including phenoxy) is 1. The summed E-state index contributed by atoms with van der Waals surface area (Å²) in [5.74, 6) is 0.0491. The molecule has 2 nitrogen and oxygen atoms in total. The summed E-state index contributed by atoms with van der Waals surface area (Å²) in [5, 5.41) is 0. The van der Waals surface area contributed by atoms with E-state index in [4.69, 9.17) is 4.74 Å². The summed E-state index contributed by atoms with van der Waals surface area (Å²) in [7, 11) is 0. The lowest BCUT2D eigenvalue weighted by Crippen LogP contribution is -2.22. The second-order valence-corrected chi connectivity index (χ2v) is 3.85. The number of rotatable bonds is 2. The fraction of sp³-hybridized carbons (Fsp3) is 0.625. The van der Waals surface area contributed by atoms with E-state index in [1.165, 1.54) is 0 Å². The van der Waals surface area contributed by atoms with Gasteiger partial charge in [-0.25, -0.2) is 4.79 Å². The Morgan fingerprint density at radius 1 is 1.50 bits per heavy atom. The van der Waals surface area contributed by atoms with Gasteiger partial charge in [0.05, 0.1) is 0 Å². The topological polar surface area (TPSA) is 26.3 Å². The Balaban J connectivity index is 2.29. The third-order valence-electron chi connectivity index (χ3n) is 1.66. The number of hydrogen-bond acceptors (Lipinski definition) is 3. The minimum atomic E-state index is -1.01. The fourth-order valence-corrected chi connectivity index (χ4v) is 2.07. The molecular formula is C8H11FO2S. The highest BCUT2D eigenvalue weighted by atomic mass is 32.2. The molecule has 0 unspecified atom stereocenters. The van der Waals surface area contributed by atoms with Gasteiger partial charge in [-0.1, -0.05) is 6.58 Å². The zero-order chi connectivity index (χ0) is 8.97. The molecule has 0 aromatic heterocycles. The Labute approximate surface area is 75.2 Å². The van der Waals surface area contributed by atoms with E-state index in [2.05, 4.69) is 6.58 Å². The lowest BCUT2D eigenvalue weighted by Gasteiger charge is -2.20. The maximum absolute atomic E-state index is 12.2. The lowest BCUT2D eigenvalue weighted by molar-refractivity contribution is -0.146. The highest BCUT2D eigenvalue weighted by Gasteiger charge is 2.19. The van der Waals surface area contributed by atoms with E-state index in [-0.39, 0.29) is 6.10 Å². The number of esters is 1. The Kier molecular flexibility index (Phi) is 3.59.